The molecule has 0 spiro atoms. The van der Waals surface area contributed by atoms with E-state index in [4.69, 9.17) is 0 Å². The molecule has 0 unspecified atom stereocenters. The molecule has 2 aromatic heterocycles. The summed E-state index contributed by atoms with van der Waals surface area (Å²) in [4.78, 5) is 27.2. The van der Waals surface area contributed by atoms with Crippen molar-refractivity contribution in [2.24, 2.45) is 5.92 Å². The van der Waals surface area contributed by atoms with Crippen molar-refractivity contribution in [1.82, 2.24) is 19.7 Å². The Morgan fingerprint density at radius 3 is 2.46 bits per heavy atom. The number of nitrogens with zero attached hydrogens (tertiary/aromatic N) is 3. The molecular weight excluding hydrogens is 456 g/mol. The van der Waals surface area contributed by atoms with Crippen molar-refractivity contribution in [3.05, 3.63) is 88.8 Å². The average molecular weight is 485 g/mol. The first-order valence-corrected chi connectivity index (χ1v) is 12.7. The van der Waals surface area contributed by atoms with Crippen LogP contribution in [0.25, 0.3) is 31.6 Å². The molecule has 1 N–H and O–H groups in total. The Hall–Kier alpha value is -3.71. The third kappa shape index (κ3) is 4.64. The van der Waals surface area contributed by atoms with Crippen LogP contribution in [0.15, 0.2) is 77.6 Å². The number of hydrogen-bond acceptors (Lipinski definition) is 4. The summed E-state index contributed by atoms with van der Waals surface area (Å²) in [5.74, 6) is 0.628. The first-order chi connectivity index (χ1) is 16.9. The van der Waals surface area contributed by atoms with Crippen LogP contribution in [-0.2, 0) is 17.9 Å². The van der Waals surface area contributed by atoms with E-state index in [0.29, 0.717) is 12.4 Å². The first kappa shape index (κ1) is 23.1. The molecule has 35 heavy (non-hydrogen) atoms. The number of aromatic nitrogens is 3. The minimum atomic E-state index is -0.265. The van der Waals surface area contributed by atoms with Crippen molar-refractivity contribution in [2.45, 2.75) is 39.9 Å². The van der Waals surface area contributed by atoms with Gasteiger partial charge in [0.25, 0.3) is 0 Å². The van der Waals surface area contributed by atoms with E-state index < -0.39 is 0 Å². The summed E-state index contributed by atoms with van der Waals surface area (Å²) in [6.45, 7) is 6.50. The Balaban J connectivity index is 1.42. The van der Waals surface area contributed by atoms with E-state index in [1.54, 1.807) is 15.9 Å². The minimum absolute atomic E-state index is 0.128. The summed E-state index contributed by atoms with van der Waals surface area (Å²) >= 11 is 1.61. The summed E-state index contributed by atoms with van der Waals surface area (Å²) in [6, 6.07) is 24.2. The molecular formula is C28H28N4O2S. The molecule has 7 heteroatoms. The first-order valence-electron chi connectivity index (χ1n) is 11.8. The highest BCUT2D eigenvalue weighted by Crippen LogP contribution is 2.32. The molecule has 0 saturated carbocycles. The number of thiophene rings is 1. The third-order valence-corrected chi connectivity index (χ3v) is 7.19. The molecule has 0 saturated heterocycles. The molecule has 0 fully saturated rings. The molecule has 0 radical (unpaired) electrons. The van der Waals surface area contributed by atoms with Crippen molar-refractivity contribution in [1.29, 1.82) is 0 Å². The van der Waals surface area contributed by atoms with Crippen LogP contribution in [0, 0.1) is 5.92 Å². The molecule has 2 heterocycles. The lowest BCUT2D eigenvalue weighted by molar-refractivity contribution is -0.122. The number of benzene rings is 3. The number of rotatable bonds is 7. The summed E-state index contributed by atoms with van der Waals surface area (Å²) in [7, 11) is 0. The van der Waals surface area contributed by atoms with Crippen LogP contribution in [-0.4, -0.2) is 20.3 Å². The van der Waals surface area contributed by atoms with Gasteiger partial charge in [0, 0.05) is 11.2 Å². The van der Waals surface area contributed by atoms with E-state index in [1.807, 2.05) is 43.3 Å². The highest BCUT2D eigenvalue weighted by molar-refractivity contribution is 7.22. The van der Waals surface area contributed by atoms with Gasteiger partial charge in [-0.2, -0.15) is 0 Å². The molecule has 0 aliphatic carbocycles. The van der Waals surface area contributed by atoms with Crippen molar-refractivity contribution in [2.75, 3.05) is 0 Å². The van der Waals surface area contributed by atoms with E-state index in [2.05, 4.69) is 60.7 Å². The Morgan fingerprint density at radius 1 is 0.971 bits per heavy atom. The van der Waals surface area contributed by atoms with Crippen molar-refractivity contribution in [3.8, 4) is 10.7 Å². The van der Waals surface area contributed by atoms with Crippen molar-refractivity contribution in [3.63, 3.8) is 0 Å². The smallest absolute Gasteiger partial charge is 0.346 e. The van der Waals surface area contributed by atoms with Crippen LogP contribution in [0.1, 0.15) is 32.4 Å². The highest BCUT2D eigenvalue weighted by Gasteiger charge is 2.20. The monoisotopic (exact) mass is 484 g/mol. The zero-order valence-corrected chi connectivity index (χ0v) is 20.9. The van der Waals surface area contributed by atoms with Gasteiger partial charge in [0.05, 0.1) is 10.9 Å². The van der Waals surface area contributed by atoms with E-state index in [0.717, 1.165) is 31.3 Å². The van der Waals surface area contributed by atoms with Gasteiger partial charge in [-0.3, -0.25) is 9.36 Å². The number of hydrogen-bond donors (Lipinski definition) is 1. The third-order valence-electron chi connectivity index (χ3n) is 6.08. The van der Waals surface area contributed by atoms with E-state index in [-0.39, 0.29) is 30.1 Å². The standard InChI is InChI=1S/C28H28N4O2S/c1-18(2)16-31-27(25-15-21-10-5-7-14-24(21)35-25)30-32(28(31)34)17-26(33)29-19(3)22-13-8-11-20-9-4-6-12-23(20)22/h4-15,18-19H,16-17H2,1-3H3,(H,29,33)/t19-/m0/s1. The fourth-order valence-corrected chi connectivity index (χ4v) is 5.53. The molecule has 1 atom stereocenters. The van der Waals surface area contributed by atoms with Gasteiger partial charge in [0.15, 0.2) is 5.82 Å². The zero-order chi connectivity index (χ0) is 24.5. The van der Waals surface area contributed by atoms with Gasteiger partial charge in [-0.1, -0.05) is 74.5 Å². The second kappa shape index (κ2) is 9.50. The van der Waals surface area contributed by atoms with Crippen LogP contribution in [0.4, 0.5) is 0 Å². The molecule has 6 nitrogen and oxygen atoms in total. The molecule has 1 amide bonds. The van der Waals surface area contributed by atoms with Gasteiger partial charge in [-0.15, -0.1) is 16.4 Å². The summed E-state index contributed by atoms with van der Waals surface area (Å²) in [5, 5.41) is 11.0. The van der Waals surface area contributed by atoms with Gasteiger partial charge < -0.3 is 5.32 Å². The Morgan fingerprint density at radius 2 is 1.69 bits per heavy atom. The quantitative estimate of drug-likeness (QED) is 0.326. The van der Waals surface area contributed by atoms with Crippen LogP contribution >= 0.6 is 11.3 Å². The minimum Gasteiger partial charge on any atom is -0.348 e. The topological polar surface area (TPSA) is 68.9 Å². The fraction of sp³-hybridized carbons (Fsp3) is 0.250. The predicted octanol–water partition coefficient (Wildman–Crippen LogP) is 5.61. The number of amides is 1. The maximum absolute atomic E-state index is 13.3. The van der Waals surface area contributed by atoms with E-state index in [1.165, 1.54) is 4.68 Å². The lowest BCUT2D eigenvalue weighted by atomic mass is 10.00. The SMILES string of the molecule is CC(C)Cn1c(-c2cc3ccccc3s2)nn(CC(=O)N[C@@H](C)c2cccc3ccccc23)c1=O. The van der Waals surface area contributed by atoms with Crippen LogP contribution < -0.4 is 11.0 Å². The van der Waals surface area contributed by atoms with Gasteiger partial charge in [0.1, 0.15) is 6.54 Å². The second-order valence-corrected chi connectivity index (χ2v) is 10.4. The Labute approximate surface area is 207 Å². The van der Waals surface area contributed by atoms with E-state index >= 15 is 0 Å². The summed E-state index contributed by atoms with van der Waals surface area (Å²) in [5.41, 5.74) is 0.777. The van der Waals surface area contributed by atoms with Crippen LogP contribution in [0.5, 0.6) is 0 Å². The number of fused-ring (bicyclic) bond motifs is 2. The van der Waals surface area contributed by atoms with E-state index in [9.17, 15) is 9.59 Å². The molecule has 0 aliphatic heterocycles. The van der Waals surface area contributed by atoms with Crippen LogP contribution in [0.3, 0.4) is 0 Å². The normalized spacial score (nSPS) is 12.5. The molecule has 5 aromatic rings. The summed E-state index contributed by atoms with van der Waals surface area (Å²) in [6.07, 6.45) is 0. The lowest BCUT2D eigenvalue weighted by Gasteiger charge is -2.16. The molecule has 3 aromatic carbocycles. The largest absolute Gasteiger partial charge is 0.348 e. The maximum atomic E-state index is 13.3. The molecule has 0 bridgehead atoms. The highest BCUT2D eigenvalue weighted by atomic mass is 32.1. The zero-order valence-electron chi connectivity index (χ0n) is 20.1. The summed E-state index contributed by atoms with van der Waals surface area (Å²) < 4.78 is 4.12. The van der Waals surface area contributed by atoms with Crippen molar-refractivity contribution >= 4 is 38.1 Å². The van der Waals surface area contributed by atoms with Gasteiger partial charge >= 0.3 is 5.69 Å². The maximum Gasteiger partial charge on any atom is 0.346 e. The average Bonchev–Trinajstić information content (AvgIpc) is 3.40. The molecule has 0 aliphatic rings. The number of nitrogens with one attached hydrogen (secondary N) is 1. The number of carbonyl (C=O) groups excluding carboxylic acids is 1. The Kier molecular flexibility index (Phi) is 6.26. The fourth-order valence-electron chi connectivity index (χ4n) is 4.48. The molecule has 5 rings (SSSR count). The Bertz CT molecular complexity index is 1540. The van der Waals surface area contributed by atoms with Crippen molar-refractivity contribution < 1.29 is 4.79 Å². The van der Waals surface area contributed by atoms with Crippen LogP contribution in [0.2, 0.25) is 0 Å². The second-order valence-electron chi connectivity index (χ2n) is 9.27. The van der Waals surface area contributed by atoms with Gasteiger partial charge in [-0.05, 0) is 46.7 Å². The predicted molar refractivity (Wildman–Crippen MR) is 143 cm³/mol. The number of carbonyl (C=O) groups is 1. The lowest BCUT2D eigenvalue weighted by Crippen LogP contribution is -2.35. The van der Waals surface area contributed by atoms with Gasteiger partial charge in [0.2, 0.25) is 5.91 Å². The van der Waals surface area contributed by atoms with Gasteiger partial charge in [-0.25, -0.2) is 9.48 Å². The molecule has 178 valence electrons.